The molecular weight excluding hydrogens is 567 g/mol. The molecular formula is C37H29FN4O3. The minimum Gasteiger partial charge on any atom is -0.493 e. The van der Waals surface area contributed by atoms with Gasteiger partial charge in [-0.15, -0.1) is 0 Å². The molecule has 222 valence electrons. The molecule has 0 spiro atoms. The fourth-order valence-corrected chi connectivity index (χ4v) is 6.61. The Morgan fingerprint density at radius 1 is 0.644 bits per heavy atom. The smallest absolute Gasteiger partial charge is 0.203 e. The summed E-state index contributed by atoms with van der Waals surface area (Å²) >= 11 is 0. The van der Waals surface area contributed by atoms with Gasteiger partial charge in [0.2, 0.25) is 5.75 Å². The van der Waals surface area contributed by atoms with Gasteiger partial charge in [-0.05, 0) is 59.7 Å². The van der Waals surface area contributed by atoms with Crippen LogP contribution in [0.1, 0.15) is 22.7 Å². The zero-order valence-corrected chi connectivity index (χ0v) is 24.9. The molecule has 8 rings (SSSR count). The van der Waals surface area contributed by atoms with Gasteiger partial charge in [0.15, 0.2) is 11.5 Å². The van der Waals surface area contributed by atoms with E-state index in [0.717, 1.165) is 71.7 Å². The van der Waals surface area contributed by atoms with Crippen molar-refractivity contribution in [2.24, 2.45) is 0 Å². The summed E-state index contributed by atoms with van der Waals surface area (Å²) in [5.74, 6) is 0.937. The highest BCUT2D eigenvalue weighted by molar-refractivity contribution is 6.11. The maximum Gasteiger partial charge on any atom is 0.203 e. The van der Waals surface area contributed by atoms with Crippen LogP contribution in [0.2, 0.25) is 0 Å². The predicted octanol–water partition coefficient (Wildman–Crippen LogP) is 8.69. The largest absolute Gasteiger partial charge is 0.493 e. The highest BCUT2D eigenvalue weighted by atomic mass is 19.1. The van der Waals surface area contributed by atoms with E-state index in [2.05, 4.69) is 45.3 Å². The Hall–Kier alpha value is -5.76. The van der Waals surface area contributed by atoms with Gasteiger partial charge >= 0.3 is 0 Å². The maximum atomic E-state index is 14.7. The van der Waals surface area contributed by atoms with Crippen LogP contribution < -0.4 is 14.2 Å². The average Bonchev–Trinajstić information content (AvgIpc) is 3.80. The number of methoxy groups -OCH3 is 3. The first-order valence-electron chi connectivity index (χ1n) is 14.6. The van der Waals surface area contributed by atoms with Crippen LogP contribution in [0.5, 0.6) is 17.2 Å². The van der Waals surface area contributed by atoms with Crippen molar-refractivity contribution in [3.05, 3.63) is 120 Å². The summed E-state index contributed by atoms with van der Waals surface area (Å²) in [5.41, 5.74) is 8.06. The highest BCUT2D eigenvalue weighted by Gasteiger charge is 2.27. The number of aromatic nitrogens is 4. The van der Waals surface area contributed by atoms with Gasteiger partial charge in [-0.2, -0.15) is 0 Å². The molecule has 45 heavy (non-hydrogen) atoms. The number of benzene rings is 4. The number of halogens is 1. The fraction of sp³-hybridized carbons (Fsp3) is 0.108. The molecule has 0 aliphatic heterocycles. The van der Waals surface area contributed by atoms with Gasteiger partial charge in [-0.3, -0.25) is 0 Å². The van der Waals surface area contributed by atoms with E-state index in [0.29, 0.717) is 17.2 Å². The van der Waals surface area contributed by atoms with Crippen molar-refractivity contribution in [2.45, 2.75) is 5.92 Å². The monoisotopic (exact) mass is 596 g/mol. The summed E-state index contributed by atoms with van der Waals surface area (Å²) in [4.78, 5) is 15.8. The topological polar surface area (TPSA) is 88.0 Å². The number of rotatable bonds is 7. The summed E-state index contributed by atoms with van der Waals surface area (Å²) in [7, 11) is 4.80. The molecule has 4 heterocycles. The van der Waals surface area contributed by atoms with Crippen molar-refractivity contribution in [2.75, 3.05) is 21.3 Å². The van der Waals surface area contributed by atoms with Gasteiger partial charge < -0.3 is 29.2 Å². The first-order valence-corrected chi connectivity index (χ1v) is 14.6. The maximum absolute atomic E-state index is 14.7. The lowest BCUT2D eigenvalue weighted by atomic mass is 9.86. The van der Waals surface area contributed by atoms with Crippen molar-refractivity contribution < 1.29 is 18.6 Å². The zero-order chi connectivity index (χ0) is 30.7. The number of hydrogen-bond acceptors (Lipinski definition) is 4. The number of para-hydroxylation sites is 2. The predicted molar refractivity (Wildman–Crippen MR) is 176 cm³/mol. The second kappa shape index (κ2) is 10.4. The van der Waals surface area contributed by atoms with Crippen LogP contribution in [0.4, 0.5) is 4.39 Å². The van der Waals surface area contributed by atoms with E-state index in [1.54, 1.807) is 33.5 Å². The molecule has 0 amide bonds. The molecule has 7 nitrogen and oxygen atoms in total. The van der Waals surface area contributed by atoms with Crippen LogP contribution in [0.25, 0.3) is 54.9 Å². The van der Waals surface area contributed by atoms with Crippen LogP contribution in [-0.4, -0.2) is 41.3 Å². The van der Waals surface area contributed by atoms with Crippen molar-refractivity contribution >= 4 is 43.6 Å². The van der Waals surface area contributed by atoms with Gasteiger partial charge in [-0.25, -0.2) is 9.37 Å². The number of fused-ring (bicyclic) bond motifs is 5. The lowest BCUT2D eigenvalue weighted by Gasteiger charge is -2.19. The van der Waals surface area contributed by atoms with Gasteiger partial charge in [0.25, 0.3) is 0 Å². The molecule has 0 fully saturated rings. The second-order valence-corrected chi connectivity index (χ2v) is 11.1. The number of aromatic amines is 3. The third-order valence-corrected chi connectivity index (χ3v) is 8.67. The van der Waals surface area contributed by atoms with Crippen LogP contribution in [0.3, 0.4) is 0 Å². The SMILES string of the molecule is COc1cc(-c2nc(C(c3c[nH]c4ccccc34)c3c[nH]c4ccc(F)cc34)cc3c2[nH]c2ccccc23)cc(OC)c1OC. The van der Waals surface area contributed by atoms with E-state index in [1.165, 1.54) is 6.07 Å². The summed E-state index contributed by atoms with van der Waals surface area (Å²) in [6.45, 7) is 0. The van der Waals surface area contributed by atoms with E-state index in [4.69, 9.17) is 19.2 Å². The molecule has 0 saturated carbocycles. The average molecular weight is 597 g/mol. The van der Waals surface area contributed by atoms with E-state index in [9.17, 15) is 4.39 Å². The van der Waals surface area contributed by atoms with Crippen LogP contribution in [0.15, 0.2) is 97.3 Å². The minimum atomic E-state index is -0.337. The normalized spacial score (nSPS) is 12.4. The van der Waals surface area contributed by atoms with Crippen LogP contribution in [0, 0.1) is 5.82 Å². The van der Waals surface area contributed by atoms with Crippen molar-refractivity contribution in [1.82, 2.24) is 19.9 Å². The molecule has 4 aromatic heterocycles. The lowest BCUT2D eigenvalue weighted by Crippen LogP contribution is -2.06. The summed E-state index contributed by atoms with van der Waals surface area (Å²) in [6.07, 6.45) is 4.00. The first-order chi connectivity index (χ1) is 22.1. The molecule has 1 unspecified atom stereocenters. The number of pyridine rings is 1. The Morgan fingerprint density at radius 2 is 1.29 bits per heavy atom. The lowest BCUT2D eigenvalue weighted by molar-refractivity contribution is 0.324. The summed E-state index contributed by atoms with van der Waals surface area (Å²) in [6, 6.07) is 27.3. The van der Waals surface area contributed by atoms with Gasteiger partial charge in [0.1, 0.15) is 5.82 Å². The fourth-order valence-electron chi connectivity index (χ4n) is 6.61. The number of ether oxygens (including phenoxy) is 3. The Morgan fingerprint density at radius 3 is 2.00 bits per heavy atom. The van der Waals surface area contributed by atoms with E-state index < -0.39 is 0 Å². The molecule has 0 saturated heterocycles. The molecule has 8 heteroatoms. The van der Waals surface area contributed by atoms with Crippen molar-refractivity contribution in [3.8, 4) is 28.5 Å². The van der Waals surface area contributed by atoms with E-state index in [1.807, 2.05) is 48.8 Å². The molecule has 0 bridgehead atoms. The van der Waals surface area contributed by atoms with Crippen LogP contribution in [-0.2, 0) is 0 Å². The number of H-pyrrole nitrogens is 3. The molecule has 4 aromatic carbocycles. The van der Waals surface area contributed by atoms with Gasteiger partial charge in [0.05, 0.1) is 44.2 Å². The van der Waals surface area contributed by atoms with E-state index in [-0.39, 0.29) is 11.7 Å². The second-order valence-electron chi connectivity index (χ2n) is 11.1. The number of hydrogen-bond donors (Lipinski definition) is 3. The molecule has 1 atom stereocenters. The van der Waals surface area contributed by atoms with Crippen LogP contribution >= 0.6 is 0 Å². The molecule has 0 radical (unpaired) electrons. The van der Waals surface area contributed by atoms with E-state index >= 15 is 0 Å². The highest BCUT2D eigenvalue weighted by Crippen LogP contribution is 2.45. The Labute approximate surface area is 257 Å². The number of nitrogens with zero attached hydrogens (tertiary/aromatic N) is 1. The summed E-state index contributed by atoms with van der Waals surface area (Å²) in [5, 5.41) is 3.98. The standard InChI is InChI=1S/C37H29FN4O3/c1-43-32-14-20(15-33(44-2)37(32)45-3)35-36-25(22-8-5-7-11-30(22)41-36)17-31(42-35)34(26-18-39-28-10-6-4-9-23(26)28)27-19-40-29-13-12-21(38)16-24(27)29/h4-19,34,39-41H,1-3H3. The Bertz CT molecular complexity index is 2360. The zero-order valence-electron chi connectivity index (χ0n) is 24.9. The van der Waals surface area contributed by atoms with Gasteiger partial charge in [0, 0.05) is 56.1 Å². The molecule has 8 aromatic rings. The molecule has 0 aliphatic carbocycles. The van der Waals surface area contributed by atoms with Crippen molar-refractivity contribution in [3.63, 3.8) is 0 Å². The van der Waals surface area contributed by atoms with Crippen molar-refractivity contribution in [1.29, 1.82) is 0 Å². The quantitative estimate of drug-likeness (QED) is 0.172. The van der Waals surface area contributed by atoms with Gasteiger partial charge in [-0.1, -0.05) is 36.4 Å². The molecule has 0 aliphatic rings. The minimum absolute atomic E-state index is 0.292. The molecule has 3 N–H and O–H groups in total. The Balaban J connectivity index is 1.48. The Kier molecular flexibility index (Phi) is 6.23. The third-order valence-electron chi connectivity index (χ3n) is 8.67. The third kappa shape index (κ3) is 4.21. The first kappa shape index (κ1) is 26.8. The summed E-state index contributed by atoms with van der Waals surface area (Å²) < 4.78 is 31.8. The number of nitrogens with one attached hydrogen (secondary N) is 3.